The Hall–Kier alpha value is -3.91. The van der Waals surface area contributed by atoms with Crippen molar-refractivity contribution < 1.29 is 19.1 Å². The summed E-state index contributed by atoms with van der Waals surface area (Å²) in [7, 11) is 1.61. The summed E-state index contributed by atoms with van der Waals surface area (Å²) >= 11 is 5.81. The third-order valence-electron chi connectivity index (χ3n) is 4.97. The fourth-order valence-electron chi connectivity index (χ4n) is 3.20. The molecule has 168 valence electrons. The van der Waals surface area contributed by atoms with Crippen LogP contribution in [-0.2, 0) is 9.53 Å². The Kier molecular flexibility index (Phi) is 6.55. The molecule has 4 rings (SSSR count). The number of amides is 1. The zero-order chi connectivity index (χ0) is 23.4. The van der Waals surface area contributed by atoms with Gasteiger partial charge in [-0.05, 0) is 61.0 Å². The van der Waals surface area contributed by atoms with E-state index >= 15 is 0 Å². The molecule has 0 spiro atoms. The van der Waals surface area contributed by atoms with Crippen LogP contribution in [0.25, 0.3) is 22.4 Å². The van der Waals surface area contributed by atoms with Crippen molar-refractivity contribution in [1.82, 2.24) is 15.0 Å². The number of hydrogen-bond acceptors (Lipinski definition) is 6. The Morgan fingerprint density at radius 1 is 1.12 bits per heavy atom. The van der Waals surface area contributed by atoms with Gasteiger partial charge in [0.1, 0.15) is 17.4 Å². The molecule has 2 aromatic carbocycles. The number of carbonyl (C=O) groups is 2. The van der Waals surface area contributed by atoms with Crippen molar-refractivity contribution in [2.45, 2.75) is 19.4 Å². The normalized spacial score (nSPS) is 11.7. The van der Waals surface area contributed by atoms with Gasteiger partial charge in [0, 0.05) is 11.8 Å². The number of aromatic nitrogens is 3. The molecule has 2 heterocycles. The van der Waals surface area contributed by atoms with Gasteiger partial charge >= 0.3 is 5.97 Å². The van der Waals surface area contributed by atoms with E-state index in [1.807, 2.05) is 24.3 Å². The Morgan fingerprint density at radius 2 is 1.91 bits per heavy atom. The molecule has 4 aromatic rings. The van der Waals surface area contributed by atoms with Crippen molar-refractivity contribution in [1.29, 1.82) is 0 Å². The van der Waals surface area contributed by atoms with Crippen molar-refractivity contribution >= 4 is 40.3 Å². The van der Waals surface area contributed by atoms with Gasteiger partial charge in [-0.3, -0.25) is 4.79 Å². The van der Waals surface area contributed by atoms with Crippen LogP contribution < -0.4 is 10.1 Å². The minimum Gasteiger partial charge on any atom is -0.497 e. The van der Waals surface area contributed by atoms with E-state index in [0.29, 0.717) is 39.7 Å². The van der Waals surface area contributed by atoms with Gasteiger partial charge in [-0.2, -0.15) is 0 Å². The number of nitrogens with zero attached hydrogens (tertiary/aromatic N) is 2. The highest BCUT2D eigenvalue weighted by Gasteiger charge is 2.23. The Morgan fingerprint density at radius 3 is 2.58 bits per heavy atom. The van der Waals surface area contributed by atoms with Crippen molar-refractivity contribution in [3.05, 3.63) is 71.4 Å². The molecule has 0 aliphatic carbocycles. The first-order valence-electron chi connectivity index (χ1n) is 10.2. The molecular weight excluding hydrogens is 444 g/mol. The van der Waals surface area contributed by atoms with E-state index in [1.165, 1.54) is 6.20 Å². The maximum Gasteiger partial charge on any atom is 0.338 e. The summed E-state index contributed by atoms with van der Waals surface area (Å²) in [6.45, 7) is 1.76. The van der Waals surface area contributed by atoms with Crippen molar-refractivity contribution in [3.63, 3.8) is 0 Å². The lowest BCUT2D eigenvalue weighted by atomic mass is 10.2. The van der Waals surface area contributed by atoms with E-state index in [1.54, 1.807) is 44.4 Å². The number of imidazole rings is 1. The van der Waals surface area contributed by atoms with Crippen molar-refractivity contribution in [2.24, 2.45) is 0 Å². The molecule has 0 saturated heterocycles. The monoisotopic (exact) mass is 464 g/mol. The summed E-state index contributed by atoms with van der Waals surface area (Å²) in [4.78, 5) is 37.1. The van der Waals surface area contributed by atoms with Crippen LogP contribution in [0.4, 0.5) is 5.82 Å². The van der Waals surface area contributed by atoms with Gasteiger partial charge in [-0.1, -0.05) is 18.5 Å². The van der Waals surface area contributed by atoms with Gasteiger partial charge in [0.2, 0.25) is 0 Å². The predicted molar refractivity (Wildman–Crippen MR) is 125 cm³/mol. The molecule has 9 heteroatoms. The third-order valence-corrected chi connectivity index (χ3v) is 5.20. The van der Waals surface area contributed by atoms with Crippen LogP contribution in [0.5, 0.6) is 5.75 Å². The molecule has 0 bridgehead atoms. The summed E-state index contributed by atoms with van der Waals surface area (Å²) in [5, 5.41) is 3.08. The maximum atomic E-state index is 12.7. The molecule has 1 atom stereocenters. The summed E-state index contributed by atoms with van der Waals surface area (Å²) in [5.74, 6) is 0.665. The molecule has 1 unspecified atom stereocenters. The molecule has 0 saturated carbocycles. The van der Waals surface area contributed by atoms with Crippen LogP contribution in [0, 0.1) is 0 Å². The molecule has 0 fully saturated rings. The largest absolute Gasteiger partial charge is 0.497 e. The lowest BCUT2D eigenvalue weighted by Gasteiger charge is -2.15. The number of pyridine rings is 1. The fraction of sp³-hybridized carbons (Fsp3) is 0.167. The van der Waals surface area contributed by atoms with Crippen LogP contribution in [0.3, 0.4) is 0 Å². The Balaban J connectivity index is 1.48. The second-order valence-electron chi connectivity index (χ2n) is 7.20. The number of H-pyrrole nitrogens is 1. The second kappa shape index (κ2) is 9.70. The van der Waals surface area contributed by atoms with E-state index in [-0.39, 0.29) is 0 Å². The van der Waals surface area contributed by atoms with Gasteiger partial charge in [0.25, 0.3) is 5.91 Å². The standard InChI is InChI=1S/C24H21ClN4O4/c1-3-20(23(30)29-21-11-7-16(25)13-26-21)33-24(31)15-6-10-18-19(12-15)28-22(27-18)14-4-8-17(32-2)9-5-14/h4-13,20H,3H2,1-2H3,(H,27,28)(H,26,29,30). The van der Waals surface area contributed by atoms with Gasteiger partial charge in [0.05, 0.1) is 28.7 Å². The number of methoxy groups -OCH3 is 1. The smallest absolute Gasteiger partial charge is 0.338 e. The molecule has 1 amide bonds. The topological polar surface area (TPSA) is 106 Å². The highest BCUT2D eigenvalue weighted by molar-refractivity contribution is 6.30. The number of anilines is 1. The average molecular weight is 465 g/mol. The van der Waals surface area contributed by atoms with Gasteiger partial charge < -0.3 is 19.8 Å². The first-order valence-corrected chi connectivity index (χ1v) is 10.6. The molecule has 0 aliphatic heterocycles. The quantitative estimate of drug-likeness (QED) is 0.378. The minimum absolute atomic E-state index is 0.305. The third kappa shape index (κ3) is 5.12. The van der Waals surface area contributed by atoms with Gasteiger partial charge in [-0.25, -0.2) is 14.8 Å². The number of nitrogens with one attached hydrogen (secondary N) is 2. The van der Waals surface area contributed by atoms with E-state index in [4.69, 9.17) is 21.1 Å². The van der Waals surface area contributed by atoms with Crippen molar-refractivity contribution in [3.8, 4) is 17.1 Å². The van der Waals surface area contributed by atoms with Crippen LogP contribution in [0.2, 0.25) is 5.02 Å². The first kappa shape index (κ1) is 22.3. The van der Waals surface area contributed by atoms with E-state index in [0.717, 1.165) is 11.3 Å². The number of benzene rings is 2. The Bertz CT molecular complexity index is 1290. The van der Waals surface area contributed by atoms with Crippen molar-refractivity contribution in [2.75, 3.05) is 12.4 Å². The number of ether oxygens (including phenoxy) is 2. The first-order chi connectivity index (χ1) is 16.0. The fourth-order valence-corrected chi connectivity index (χ4v) is 3.31. The zero-order valence-electron chi connectivity index (χ0n) is 18.0. The number of halogens is 1. The van der Waals surface area contributed by atoms with Gasteiger partial charge in [-0.15, -0.1) is 0 Å². The number of fused-ring (bicyclic) bond motifs is 1. The predicted octanol–water partition coefficient (Wildman–Crippen LogP) is 4.86. The summed E-state index contributed by atoms with van der Waals surface area (Å²) < 4.78 is 10.6. The SMILES string of the molecule is CCC(OC(=O)c1ccc2nc(-c3ccc(OC)cc3)[nH]c2c1)C(=O)Nc1ccc(Cl)cn1. The molecule has 0 aliphatic rings. The Labute approximate surface area is 194 Å². The van der Waals surface area contributed by atoms with Crippen LogP contribution >= 0.6 is 11.6 Å². The lowest BCUT2D eigenvalue weighted by molar-refractivity contribution is -0.124. The number of carbonyl (C=O) groups excluding carboxylic acids is 2. The average Bonchev–Trinajstić information content (AvgIpc) is 3.27. The molecule has 2 aromatic heterocycles. The van der Waals surface area contributed by atoms with E-state index in [2.05, 4.69) is 20.3 Å². The molecular formula is C24H21ClN4O4. The zero-order valence-corrected chi connectivity index (χ0v) is 18.7. The minimum atomic E-state index is -0.970. The van der Waals surface area contributed by atoms with Gasteiger partial charge in [0.15, 0.2) is 6.10 Å². The second-order valence-corrected chi connectivity index (χ2v) is 7.64. The lowest BCUT2D eigenvalue weighted by Crippen LogP contribution is -2.32. The van der Waals surface area contributed by atoms with Crippen LogP contribution in [-0.4, -0.2) is 40.0 Å². The number of rotatable bonds is 7. The molecule has 33 heavy (non-hydrogen) atoms. The highest BCUT2D eigenvalue weighted by Crippen LogP contribution is 2.24. The maximum absolute atomic E-state index is 12.7. The van der Waals surface area contributed by atoms with E-state index in [9.17, 15) is 9.59 Å². The highest BCUT2D eigenvalue weighted by atomic mass is 35.5. The summed E-state index contributed by atoms with van der Waals surface area (Å²) in [5.41, 5.74) is 2.58. The van der Waals surface area contributed by atoms with Crippen LogP contribution in [0.15, 0.2) is 60.8 Å². The number of esters is 1. The van der Waals surface area contributed by atoms with E-state index < -0.39 is 18.0 Å². The molecule has 2 N–H and O–H groups in total. The summed E-state index contributed by atoms with van der Waals surface area (Å²) in [6.07, 6.45) is 0.755. The number of aromatic amines is 1. The summed E-state index contributed by atoms with van der Waals surface area (Å²) in [6, 6.07) is 15.7. The molecule has 0 radical (unpaired) electrons. The molecule has 8 nitrogen and oxygen atoms in total. The van der Waals surface area contributed by atoms with Crippen LogP contribution in [0.1, 0.15) is 23.7 Å². The number of hydrogen-bond donors (Lipinski definition) is 2.